The summed E-state index contributed by atoms with van der Waals surface area (Å²) in [5.74, 6) is -0.0292. The summed E-state index contributed by atoms with van der Waals surface area (Å²) in [5.41, 5.74) is 9.37. The van der Waals surface area contributed by atoms with Gasteiger partial charge in [-0.3, -0.25) is 9.78 Å². The number of nitrogens with two attached hydrogens (primary N) is 1. The smallest absolute Gasteiger partial charge is 0.268 e. The lowest BCUT2D eigenvalue weighted by Crippen LogP contribution is -2.17. The zero-order valence-corrected chi connectivity index (χ0v) is 15.4. The third-order valence-electron chi connectivity index (χ3n) is 4.51. The molecule has 3 heterocycles. The Morgan fingerprint density at radius 3 is 2.70 bits per heavy atom. The van der Waals surface area contributed by atoms with Gasteiger partial charge in [0.05, 0.1) is 11.6 Å². The van der Waals surface area contributed by atoms with E-state index in [1.54, 1.807) is 23.9 Å². The standard InChI is InChI=1S/C20H17N5OS/c1-13(14-5-3-2-4-6-14)25-12-23-24-20(25)17-16(15-8-10-27-11-15)7-9-22-18(17)19(21)26/h2-13H,1H3,(H2,21,26). The largest absolute Gasteiger partial charge is 0.364 e. The maximum absolute atomic E-state index is 12.1. The molecule has 4 aromatic rings. The number of benzene rings is 1. The molecule has 0 aliphatic heterocycles. The van der Waals surface area contributed by atoms with Crippen LogP contribution in [-0.4, -0.2) is 25.7 Å². The number of aromatic nitrogens is 4. The fourth-order valence-corrected chi connectivity index (χ4v) is 3.79. The van der Waals surface area contributed by atoms with Crippen molar-refractivity contribution in [2.45, 2.75) is 13.0 Å². The maximum atomic E-state index is 12.1. The summed E-state index contributed by atoms with van der Waals surface area (Å²) in [7, 11) is 0. The average molecular weight is 375 g/mol. The van der Waals surface area contributed by atoms with E-state index in [0.717, 1.165) is 16.7 Å². The molecule has 7 heteroatoms. The van der Waals surface area contributed by atoms with E-state index in [1.807, 2.05) is 57.8 Å². The molecule has 1 aromatic carbocycles. The van der Waals surface area contributed by atoms with Gasteiger partial charge in [-0.15, -0.1) is 10.2 Å². The van der Waals surface area contributed by atoms with Crippen LogP contribution >= 0.6 is 11.3 Å². The molecule has 0 spiro atoms. The summed E-state index contributed by atoms with van der Waals surface area (Å²) in [6.07, 6.45) is 3.26. The van der Waals surface area contributed by atoms with Crippen LogP contribution in [0.15, 0.2) is 65.7 Å². The molecule has 4 rings (SSSR count). The highest BCUT2D eigenvalue weighted by atomic mass is 32.1. The van der Waals surface area contributed by atoms with E-state index in [4.69, 9.17) is 5.73 Å². The zero-order chi connectivity index (χ0) is 18.8. The van der Waals surface area contributed by atoms with Crippen LogP contribution in [0.2, 0.25) is 0 Å². The first-order chi connectivity index (χ1) is 13.2. The number of thiophene rings is 1. The Hall–Kier alpha value is -3.32. The molecule has 1 amide bonds. The van der Waals surface area contributed by atoms with Gasteiger partial charge in [-0.1, -0.05) is 30.3 Å². The normalized spacial score (nSPS) is 12.0. The lowest BCUT2D eigenvalue weighted by atomic mass is 9.99. The molecule has 6 nitrogen and oxygen atoms in total. The van der Waals surface area contributed by atoms with Crippen LogP contribution in [0.25, 0.3) is 22.5 Å². The minimum atomic E-state index is -0.594. The van der Waals surface area contributed by atoms with E-state index in [9.17, 15) is 4.79 Å². The SMILES string of the molecule is CC(c1ccccc1)n1cnnc1-c1c(-c2ccsc2)ccnc1C(N)=O. The van der Waals surface area contributed by atoms with E-state index in [0.29, 0.717) is 11.4 Å². The summed E-state index contributed by atoms with van der Waals surface area (Å²) in [4.78, 5) is 16.3. The Balaban J connectivity index is 1.93. The molecule has 0 bridgehead atoms. The van der Waals surface area contributed by atoms with Gasteiger partial charge >= 0.3 is 0 Å². The predicted molar refractivity (Wildman–Crippen MR) is 105 cm³/mol. The van der Waals surface area contributed by atoms with Crippen molar-refractivity contribution in [3.63, 3.8) is 0 Å². The van der Waals surface area contributed by atoms with Gasteiger partial charge in [0.1, 0.15) is 12.0 Å². The first-order valence-corrected chi connectivity index (χ1v) is 9.37. The second-order valence-electron chi connectivity index (χ2n) is 6.11. The van der Waals surface area contributed by atoms with Gasteiger partial charge in [0.2, 0.25) is 0 Å². The summed E-state index contributed by atoms with van der Waals surface area (Å²) < 4.78 is 1.94. The summed E-state index contributed by atoms with van der Waals surface area (Å²) in [5, 5.41) is 12.4. The molecule has 2 N–H and O–H groups in total. The fraction of sp³-hybridized carbons (Fsp3) is 0.100. The Morgan fingerprint density at radius 1 is 1.19 bits per heavy atom. The molecule has 27 heavy (non-hydrogen) atoms. The average Bonchev–Trinajstić information content (AvgIpc) is 3.39. The van der Waals surface area contributed by atoms with Crippen LogP contribution in [0, 0.1) is 0 Å². The van der Waals surface area contributed by atoms with Crippen LogP contribution < -0.4 is 5.73 Å². The molecular formula is C20H17N5OS. The molecule has 0 aliphatic carbocycles. The molecule has 0 fully saturated rings. The van der Waals surface area contributed by atoms with Crippen molar-refractivity contribution in [2.75, 3.05) is 0 Å². The number of amides is 1. The van der Waals surface area contributed by atoms with Gasteiger partial charge in [-0.05, 0) is 46.5 Å². The van der Waals surface area contributed by atoms with Crippen molar-refractivity contribution in [3.8, 4) is 22.5 Å². The molecule has 1 unspecified atom stereocenters. The van der Waals surface area contributed by atoms with E-state index < -0.39 is 5.91 Å². The predicted octanol–water partition coefficient (Wildman–Crippen LogP) is 3.78. The second kappa shape index (κ2) is 7.13. The fourth-order valence-electron chi connectivity index (χ4n) is 3.13. The third-order valence-corrected chi connectivity index (χ3v) is 5.20. The van der Waals surface area contributed by atoms with Crippen molar-refractivity contribution < 1.29 is 4.79 Å². The van der Waals surface area contributed by atoms with Crippen LogP contribution in [0.1, 0.15) is 29.0 Å². The lowest BCUT2D eigenvalue weighted by molar-refractivity contribution is 0.0996. The minimum Gasteiger partial charge on any atom is -0.364 e. The van der Waals surface area contributed by atoms with Gasteiger partial charge in [0, 0.05) is 6.20 Å². The van der Waals surface area contributed by atoms with Crippen molar-refractivity contribution in [1.82, 2.24) is 19.7 Å². The van der Waals surface area contributed by atoms with Crippen LogP contribution in [0.3, 0.4) is 0 Å². The van der Waals surface area contributed by atoms with Crippen molar-refractivity contribution in [3.05, 3.63) is 77.0 Å². The van der Waals surface area contributed by atoms with Crippen LogP contribution in [0.4, 0.5) is 0 Å². The number of pyridine rings is 1. The summed E-state index contributed by atoms with van der Waals surface area (Å²) in [6, 6.07) is 13.9. The topological polar surface area (TPSA) is 86.7 Å². The number of nitrogens with zero attached hydrogens (tertiary/aromatic N) is 4. The highest BCUT2D eigenvalue weighted by Crippen LogP contribution is 2.35. The van der Waals surface area contributed by atoms with Crippen molar-refractivity contribution in [1.29, 1.82) is 0 Å². The quantitative estimate of drug-likeness (QED) is 0.575. The number of carbonyl (C=O) groups excluding carboxylic acids is 1. The number of primary amides is 1. The van der Waals surface area contributed by atoms with Gasteiger partial charge in [0.15, 0.2) is 5.82 Å². The Morgan fingerprint density at radius 2 is 2.00 bits per heavy atom. The summed E-state index contributed by atoms with van der Waals surface area (Å²) in [6.45, 7) is 2.06. The minimum absolute atomic E-state index is 0.0209. The molecule has 0 saturated heterocycles. The van der Waals surface area contributed by atoms with E-state index in [1.165, 1.54) is 0 Å². The Bertz CT molecular complexity index is 1070. The third kappa shape index (κ3) is 3.13. The van der Waals surface area contributed by atoms with Crippen LogP contribution in [0.5, 0.6) is 0 Å². The Labute approximate surface area is 160 Å². The van der Waals surface area contributed by atoms with Gasteiger partial charge in [-0.2, -0.15) is 11.3 Å². The highest BCUT2D eigenvalue weighted by molar-refractivity contribution is 7.08. The van der Waals surface area contributed by atoms with Gasteiger partial charge in [-0.25, -0.2) is 0 Å². The van der Waals surface area contributed by atoms with Gasteiger partial charge in [0.25, 0.3) is 5.91 Å². The zero-order valence-electron chi connectivity index (χ0n) is 14.6. The maximum Gasteiger partial charge on any atom is 0.268 e. The molecule has 0 saturated carbocycles. The van der Waals surface area contributed by atoms with E-state index in [2.05, 4.69) is 22.1 Å². The molecule has 3 aromatic heterocycles. The molecule has 134 valence electrons. The number of hydrogen-bond acceptors (Lipinski definition) is 5. The van der Waals surface area contributed by atoms with E-state index in [-0.39, 0.29) is 11.7 Å². The number of carbonyl (C=O) groups is 1. The molecule has 0 radical (unpaired) electrons. The molecule has 0 aliphatic rings. The Kier molecular flexibility index (Phi) is 4.52. The first-order valence-electron chi connectivity index (χ1n) is 8.43. The molecule has 1 atom stereocenters. The van der Waals surface area contributed by atoms with Crippen molar-refractivity contribution >= 4 is 17.2 Å². The van der Waals surface area contributed by atoms with Gasteiger partial charge < -0.3 is 10.3 Å². The van der Waals surface area contributed by atoms with Crippen LogP contribution in [-0.2, 0) is 0 Å². The number of hydrogen-bond donors (Lipinski definition) is 1. The molecular weight excluding hydrogens is 358 g/mol. The highest BCUT2D eigenvalue weighted by Gasteiger charge is 2.24. The second-order valence-corrected chi connectivity index (χ2v) is 6.89. The number of rotatable bonds is 5. The van der Waals surface area contributed by atoms with Crippen molar-refractivity contribution in [2.24, 2.45) is 5.73 Å². The summed E-state index contributed by atoms with van der Waals surface area (Å²) >= 11 is 1.58. The lowest BCUT2D eigenvalue weighted by Gasteiger charge is -2.18. The van der Waals surface area contributed by atoms with E-state index >= 15 is 0 Å². The first kappa shape index (κ1) is 17.1. The monoisotopic (exact) mass is 375 g/mol.